The van der Waals surface area contributed by atoms with E-state index >= 15 is 0 Å². The van der Waals surface area contributed by atoms with Gasteiger partial charge in [-0.2, -0.15) is 0 Å². The zero-order chi connectivity index (χ0) is 24.7. The van der Waals surface area contributed by atoms with Gasteiger partial charge in [0.25, 0.3) is 11.8 Å². The zero-order valence-electron chi connectivity index (χ0n) is 18.6. The molecule has 0 atom stereocenters. The van der Waals surface area contributed by atoms with E-state index < -0.39 is 17.8 Å². The van der Waals surface area contributed by atoms with Gasteiger partial charge in [-0.3, -0.25) is 14.9 Å². The van der Waals surface area contributed by atoms with E-state index in [0.29, 0.717) is 17.3 Å². The Bertz CT molecular complexity index is 1520. The molecule has 1 saturated heterocycles. The van der Waals surface area contributed by atoms with Gasteiger partial charge in [0, 0.05) is 38.2 Å². The van der Waals surface area contributed by atoms with Crippen LogP contribution in [0.3, 0.4) is 0 Å². The largest absolute Gasteiger partial charge is 0.340 e. The molecule has 1 aromatic heterocycles. The number of rotatable bonds is 4. The van der Waals surface area contributed by atoms with Gasteiger partial charge in [-0.05, 0) is 61.0 Å². The van der Waals surface area contributed by atoms with Crippen molar-refractivity contribution in [3.8, 4) is 0 Å². The second-order valence-electron chi connectivity index (χ2n) is 8.16. The van der Waals surface area contributed by atoms with Gasteiger partial charge in [-0.1, -0.05) is 57.9 Å². The number of amides is 4. The lowest BCUT2D eigenvalue weighted by Crippen LogP contribution is -2.54. The number of anilines is 1. The summed E-state index contributed by atoms with van der Waals surface area (Å²) in [5.74, 6) is -1.39. The van der Waals surface area contributed by atoms with Crippen molar-refractivity contribution >= 4 is 68.0 Å². The molecular weight excluding hydrogens is 530 g/mol. The summed E-state index contributed by atoms with van der Waals surface area (Å²) in [5, 5.41) is 3.86. The smallest absolute Gasteiger partial charge is 0.335 e. The number of nitrogens with zero attached hydrogens (tertiary/aromatic N) is 2. The first kappa shape index (κ1) is 23.1. The molecular formula is C27H19BrClN3O3. The van der Waals surface area contributed by atoms with Gasteiger partial charge in [-0.15, -0.1) is 0 Å². The molecule has 0 saturated carbocycles. The summed E-state index contributed by atoms with van der Waals surface area (Å²) in [7, 11) is 0. The summed E-state index contributed by atoms with van der Waals surface area (Å²) < 4.78 is 2.94. The number of benzene rings is 3. The number of hydrogen-bond acceptors (Lipinski definition) is 3. The highest BCUT2D eigenvalue weighted by Gasteiger charge is 2.37. The van der Waals surface area contributed by atoms with E-state index in [1.807, 2.05) is 55.5 Å². The highest BCUT2D eigenvalue weighted by molar-refractivity contribution is 9.10. The zero-order valence-corrected chi connectivity index (χ0v) is 20.9. The maximum Gasteiger partial charge on any atom is 0.335 e. The van der Waals surface area contributed by atoms with Crippen LogP contribution in [-0.4, -0.2) is 22.4 Å². The number of fused-ring (bicyclic) bond motifs is 1. The fourth-order valence-corrected chi connectivity index (χ4v) is 4.63. The first-order valence-electron chi connectivity index (χ1n) is 10.8. The Balaban J connectivity index is 1.60. The van der Waals surface area contributed by atoms with Gasteiger partial charge in [0.15, 0.2) is 0 Å². The first-order valence-corrected chi connectivity index (χ1v) is 12.0. The third-order valence-corrected chi connectivity index (χ3v) is 6.79. The van der Waals surface area contributed by atoms with Crippen LogP contribution in [0, 0.1) is 6.92 Å². The predicted octanol–water partition coefficient (Wildman–Crippen LogP) is 6.08. The third kappa shape index (κ3) is 4.29. The lowest BCUT2D eigenvalue weighted by atomic mass is 10.0. The van der Waals surface area contributed by atoms with Crippen LogP contribution in [-0.2, 0) is 16.1 Å². The van der Waals surface area contributed by atoms with Crippen LogP contribution in [0.4, 0.5) is 10.5 Å². The summed E-state index contributed by atoms with van der Waals surface area (Å²) in [6, 6.07) is 21.4. The van der Waals surface area contributed by atoms with Crippen LogP contribution >= 0.6 is 27.5 Å². The number of nitrogens with one attached hydrogen (secondary N) is 1. The second kappa shape index (κ2) is 9.17. The SMILES string of the molecule is Cc1c(/C=C2\C(=O)NC(=O)N(c3ccc(Br)cc3)C2=O)c2ccccc2n1Cc1ccc(Cl)cc1. The summed E-state index contributed by atoms with van der Waals surface area (Å²) in [6.07, 6.45) is 1.58. The van der Waals surface area contributed by atoms with Gasteiger partial charge in [0.2, 0.25) is 0 Å². The summed E-state index contributed by atoms with van der Waals surface area (Å²) in [4.78, 5) is 39.6. The number of aromatic nitrogens is 1. The third-order valence-electron chi connectivity index (χ3n) is 6.01. The maximum absolute atomic E-state index is 13.4. The van der Waals surface area contributed by atoms with Gasteiger partial charge < -0.3 is 4.57 Å². The molecule has 8 heteroatoms. The Labute approximate surface area is 214 Å². The first-order chi connectivity index (χ1) is 16.8. The fourth-order valence-electron chi connectivity index (χ4n) is 4.24. The molecule has 4 amide bonds. The van der Waals surface area contributed by atoms with Crippen molar-refractivity contribution < 1.29 is 14.4 Å². The van der Waals surface area contributed by atoms with E-state index in [9.17, 15) is 14.4 Å². The van der Waals surface area contributed by atoms with E-state index in [1.165, 1.54) is 0 Å². The molecule has 5 rings (SSSR count). The Kier molecular flexibility index (Phi) is 6.05. The van der Waals surface area contributed by atoms with Crippen LogP contribution in [0.25, 0.3) is 17.0 Å². The molecule has 174 valence electrons. The van der Waals surface area contributed by atoms with Crippen molar-refractivity contribution in [2.45, 2.75) is 13.5 Å². The molecule has 1 aliphatic heterocycles. The number of para-hydroxylation sites is 1. The fraction of sp³-hybridized carbons (Fsp3) is 0.0741. The lowest BCUT2D eigenvalue weighted by Gasteiger charge is -2.26. The number of urea groups is 1. The standard InChI is InChI=1S/C27H19BrClN3O3/c1-16-22(21-4-2-3-5-24(21)31(16)15-17-6-10-19(29)11-7-17)14-23-25(33)30-27(35)32(26(23)34)20-12-8-18(28)9-13-20/h2-14H,15H2,1H3,(H,30,33,35)/b23-14+. The van der Waals surface area contributed by atoms with Crippen molar-refractivity contribution in [3.05, 3.63) is 105 Å². The van der Waals surface area contributed by atoms with E-state index in [1.54, 1.807) is 30.3 Å². The summed E-state index contributed by atoms with van der Waals surface area (Å²) >= 11 is 9.39. The highest BCUT2D eigenvalue weighted by atomic mass is 79.9. The van der Waals surface area contributed by atoms with E-state index in [2.05, 4.69) is 25.8 Å². The molecule has 1 N–H and O–H groups in total. The molecule has 0 unspecified atom stereocenters. The van der Waals surface area contributed by atoms with Crippen LogP contribution in [0.2, 0.25) is 5.02 Å². The van der Waals surface area contributed by atoms with Gasteiger partial charge in [0.05, 0.1) is 5.69 Å². The molecule has 6 nitrogen and oxygen atoms in total. The molecule has 3 aromatic carbocycles. The Morgan fingerprint density at radius 1 is 0.943 bits per heavy atom. The monoisotopic (exact) mass is 547 g/mol. The Hall–Kier alpha value is -3.68. The van der Waals surface area contributed by atoms with Crippen molar-refractivity contribution in [3.63, 3.8) is 0 Å². The highest BCUT2D eigenvalue weighted by Crippen LogP contribution is 2.31. The molecule has 0 spiro atoms. The number of halogens is 2. The molecule has 4 aromatic rings. The van der Waals surface area contributed by atoms with Crippen molar-refractivity contribution in [1.29, 1.82) is 0 Å². The molecule has 1 aliphatic rings. The van der Waals surface area contributed by atoms with Crippen LogP contribution < -0.4 is 10.2 Å². The average molecular weight is 549 g/mol. The molecule has 0 radical (unpaired) electrons. The average Bonchev–Trinajstić information content (AvgIpc) is 3.10. The maximum atomic E-state index is 13.4. The van der Waals surface area contributed by atoms with Crippen molar-refractivity contribution in [2.24, 2.45) is 0 Å². The van der Waals surface area contributed by atoms with Crippen LogP contribution in [0.5, 0.6) is 0 Å². The minimum absolute atomic E-state index is 0.106. The minimum atomic E-state index is -0.777. The van der Waals surface area contributed by atoms with Gasteiger partial charge >= 0.3 is 6.03 Å². The number of barbiturate groups is 1. The predicted molar refractivity (Wildman–Crippen MR) is 140 cm³/mol. The molecule has 0 aliphatic carbocycles. The van der Waals surface area contributed by atoms with E-state index in [4.69, 9.17) is 11.6 Å². The summed E-state index contributed by atoms with van der Waals surface area (Å²) in [5.41, 5.74) is 3.94. The Morgan fingerprint density at radius 2 is 1.63 bits per heavy atom. The van der Waals surface area contributed by atoms with Crippen molar-refractivity contribution in [2.75, 3.05) is 4.90 Å². The molecule has 0 bridgehead atoms. The molecule has 2 heterocycles. The quantitative estimate of drug-likeness (QED) is 0.248. The lowest BCUT2D eigenvalue weighted by molar-refractivity contribution is -0.122. The topological polar surface area (TPSA) is 71.4 Å². The van der Waals surface area contributed by atoms with Crippen molar-refractivity contribution in [1.82, 2.24) is 9.88 Å². The normalized spacial score (nSPS) is 15.2. The van der Waals surface area contributed by atoms with E-state index in [-0.39, 0.29) is 5.57 Å². The number of carbonyl (C=O) groups excluding carboxylic acids is 3. The second-order valence-corrected chi connectivity index (χ2v) is 9.52. The minimum Gasteiger partial charge on any atom is -0.340 e. The number of carbonyl (C=O) groups is 3. The summed E-state index contributed by atoms with van der Waals surface area (Å²) in [6.45, 7) is 2.54. The number of imide groups is 2. The van der Waals surface area contributed by atoms with Gasteiger partial charge in [0.1, 0.15) is 5.57 Å². The Morgan fingerprint density at radius 3 is 2.34 bits per heavy atom. The number of hydrogen-bond donors (Lipinski definition) is 1. The van der Waals surface area contributed by atoms with Gasteiger partial charge in [-0.25, -0.2) is 9.69 Å². The van der Waals surface area contributed by atoms with Crippen LogP contribution in [0.15, 0.2) is 82.8 Å². The van der Waals surface area contributed by atoms with E-state index in [0.717, 1.165) is 37.1 Å². The molecule has 1 fully saturated rings. The molecule has 35 heavy (non-hydrogen) atoms. The van der Waals surface area contributed by atoms with Crippen LogP contribution in [0.1, 0.15) is 16.8 Å².